The van der Waals surface area contributed by atoms with E-state index in [9.17, 15) is 0 Å². The minimum Gasteiger partial charge on any atom is -0.495 e. The summed E-state index contributed by atoms with van der Waals surface area (Å²) in [5, 5.41) is 0.684. The molecular formula is C15H23BrClNO. The first-order chi connectivity index (χ1) is 9.04. The lowest BCUT2D eigenvalue weighted by atomic mass is 9.87. The molecule has 0 aliphatic rings. The highest BCUT2D eigenvalue weighted by atomic mass is 79.9. The van der Waals surface area contributed by atoms with E-state index in [1.54, 1.807) is 7.11 Å². The zero-order valence-electron chi connectivity index (χ0n) is 11.9. The van der Waals surface area contributed by atoms with Crippen LogP contribution in [0, 0.1) is 5.92 Å². The lowest BCUT2D eigenvalue weighted by Crippen LogP contribution is -2.22. The highest BCUT2D eigenvalue weighted by Crippen LogP contribution is 2.39. The summed E-state index contributed by atoms with van der Waals surface area (Å²) in [5.74, 6) is 1.26. The van der Waals surface area contributed by atoms with E-state index < -0.39 is 0 Å². The van der Waals surface area contributed by atoms with E-state index in [0.717, 1.165) is 28.6 Å². The van der Waals surface area contributed by atoms with Gasteiger partial charge in [-0.25, -0.2) is 0 Å². The summed E-state index contributed by atoms with van der Waals surface area (Å²) in [7, 11) is 1.66. The molecular weight excluding hydrogens is 326 g/mol. The molecule has 0 fully saturated rings. The highest BCUT2D eigenvalue weighted by molar-refractivity contribution is 9.10. The highest BCUT2D eigenvalue weighted by Gasteiger charge is 2.22. The molecule has 0 saturated heterocycles. The van der Waals surface area contributed by atoms with E-state index >= 15 is 0 Å². The molecule has 1 aromatic rings. The number of hydrogen-bond acceptors (Lipinski definition) is 2. The Morgan fingerprint density at radius 2 is 2.05 bits per heavy atom. The average Bonchev–Trinajstić information content (AvgIpc) is 2.38. The zero-order chi connectivity index (χ0) is 14.4. The largest absolute Gasteiger partial charge is 0.495 e. The molecule has 0 spiro atoms. The van der Waals surface area contributed by atoms with Crippen molar-refractivity contribution in [3.63, 3.8) is 0 Å². The summed E-state index contributed by atoms with van der Waals surface area (Å²) in [6, 6.07) is 3.72. The van der Waals surface area contributed by atoms with Gasteiger partial charge in [0.2, 0.25) is 0 Å². The number of benzene rings is 1. The van der Waals surface area contributed by atoms with Gasteiger partial charge in [0.05, 0.1) is 11.6 Å². The van der Waals surface area contributed by atoms with Crippen molar-refractivity contribution in [1.29, 1.82) is 0 Å². The van der Waals surface area contributed by atoms with Crippen LogP contribution in [0.25, 0.3) is 0 Å². The molecule has 0 radical (unpaired) electrons. The predicted molar refractivity (Wildman–Crippen MR) is 85.9 cm³/mol. The van der Waals surface area contributed by atoms with E-state index in [-0.39, 0.29) is 6.04 Å². The van der Waals surface area contributed by atoms with Gasteiger partial charge in [0.15, 0.2) is 0 Å². The third kappa shape index (κ3) is 4.37. The quantitative estimate of drug-likeness (QED) is 0.723. The lowest BCUT2D eigenvalue weighted by molar-refractivity contribution is 0.355. The molecule has 0 saturated carbocycles. The summed E-state index contributed by atoms with van der Waals surface area (Å²) >= 11 is 9.62. The van der Waals surface area contributed by atoms with Crippen LogP contribution in [0.3, 0.4) is 0 Å². The minimum atomic E-state index is -0.0403. The number of hydrogen-bond donors (Lipinski definition) is 1. The van der Waals surface area contributed by atoms with Crippen LogP contribution in [0.5, 0.6) is 5.75 Å². The van der Waals surface area contributed by atoms with Gasteiger partial charge in [0.25, 0.3) is 0 Å². The normalized spacial score (nSPS) is 14.2. The molecule has 2 atom stereocenters. The maximum atomic E-state index is 6.45. The third-order valence-electron chi connectivity index (χ3n) is 3.56. The van der Waals surface area contributed by atoms with Crippen molar-refractivity contribution < 1.29 is 4.74 Å². The summed E-state index contributed by atoms with van der Waals surface area (Å²) in [6.45, 7) is 4.39. The number of methoxy groups -OCH3 is 1. The van der Waals surface area contributed by atoms with Crippen LogP contribution in [-0.2, 0) is 0 Å². The molecule has 0 bridgehead atoms. The van der Waals surface area contributed by atoms with Crippen molar-refractivity contribution in [2.24, 2.45) is 11.7 Å². The van der Waals surface area contributed by atoms with Crippen LogP contribution >= 0.6 is 27.5 Å². The molecule has 1 aromatic carbocycles. The Bertz CT molecular complexity index is 411. The first-order valence-corrected chi connectivity index (χ1v) is 8.00. The van der Waals surface area contributed by atoms with Gasteiger partial charge in [0.1, 0.15) is 5.75 Å². The second-order valence-electron chi connectivity index (χ2n) is 4.85. The van der Waals surface area contributed by atoms with Gasteiger partial charge < -0.3 is 10.5 Å². The maximum absolute atomic E-state index is 6.45. The molecule has 0 amide bonds. The zero-order valence-corrected chi connectivity index (χ0v) is 14.2. The van der Waals surface area contributed by atoms with Crippen molar-refractivity contribution >= 4 is 27.5 Å². The van der Waals surface area contributed by atoms with Gasteiger partial charge >= 0.3 is 0 Å². The Morgan fingerprint density at radius 1 is 1.37 bits per heavy atom. The smallest absolute Gasteiger partial charge is 0.137 e. The summed E-state index contributed by atoms with van der Waals surface area (Å²) in [6.07, 6.45) is 4.60. The van der Waals surface area contributed by atoms with Gasteiger partial charge in [-0.3, -0.25) is 0 Å². The Hall–Kier alpha value is -0.250. The first kappa shape index (κ1) is 16.8. The Balaban J connectivity index is 3.05. The van der Waals surface area contributed by atoms with Gasteiger partial charge in [-0.1, -0.05) is 44.7 Å². The van der Waals surface area contributed by atoms with E-state index in [1.165, 1.54) is 12.8 Å². The van der Waals surface area contributed by atoms with Crippen LogP contribution in [0.4, 0.5) is 0 Å². The fourth-order valence-corrected chi connectivity index (χ4v) is 3.40. The second kappa shape index (κ2) is 8.13. The molecule has 0 aliphatic heterocycles. The SMILES string of the molecule is CCCCC(CC)C(N)c1cc(Cl)cc(Br)c1OC. The fraction of sp³-hybridized carbons (Fsp3) is 0.600. The molecule has 19 heavy (non-hydrogen) atoms. The van der Waals surface area contributed by atoms with E-state index in [1.807, 2.05) is 12.1 Å². The van der Waals surface area contributed by atoms with Crippen molar-refractivity contribution in [2.75, 3.05) is 7.11 Å². The summed E-state index contributed by atoms with van der Waals surface area (Å²) in [4.78, 5) is 0. The minimum absolute atomic E-state index is 0.0403. The monoisotopic (exact) mass is 347 g/mol. The number of ether oxygens (including phenoxy) is 1. The molecule has 0 aliphatic carbocycles. The molecule has 108 valence electrons. The van der Waals surface area contributed by atoms with Crippen molar-refractivity contribution in [2.45, 2.75) is 45.6 Å². The Labute approximate surface area is 129 Å². The molecule has 2 unspecified atom stereocenters. The maximum Gasteiger partial charge on any atom is 0.137 e. The molecule has 4 heteroatoms. The molecule has 0 aromatic heterocycles. The summed E-state index contributed by atoms with van der Waals surface area (Å²) in [5.41, 5.74) is 7.44. The van der Waals surface area contributed by atoms with Gasteiger partial charge in [-0.2, -0.15) is 0 Å². The van der Waals surface area contributed by atoms with Crippen LogP contribution < -0.4 is 10.5 Å². The standard InChI is InChI=1S/C15H23BrClNO/c1-4-6-7-10(5-2)14(18)12-8-11(17)9-13(16)15(12)19-3/h8-10,14H,4-7,18H2,1-3H3. The number of unbranched alkanes of at least 4 members (excludes halogenated alkanes) is 1. The van der Waals surface area contributed by atoms with E-state index in [4.69, 9.17) is 22.1 Å². The average molecular weight is 349 g/mol. The fourth-order valence-electron chi connectivity index (χ4n) is 2.40. The van der Waals surface area contributed by atoms with Crippen molar-refractivity contribution in [3.8, 4) is 5.75 Å². The third-order valence-corrected chi connectivity index (χ3v) is 4.37. The van der Waals surface area contributed by atoms with Gasteiger partial charge in [0, 0.05) is 16.6 Å². The second-order valence-corrected chi connectivity index (χ2v) is 6.14. The molecule has 0 heterocycles. The summed E-state index contributed by atoms with van der Waals surface area (Å²) < 4.78 is 6.33. The molecule has 2 N–H and O–H groups in total. The molecule has 2 nitrogen and oxygen atoms in total. The topological polar surface area (TPSA) is 35.2 Å². The van der Waals surface area contributed by atoms with E-state index in [2.05, 4.69) is 29.8 Å². The van der Waals surface area contributed by atoms with Crippen LogP contribution in [-0.4, -0.2) is 7.11 Å². The van der Waals surface area contributed by atoms with Crippen LogP contribution in [0.1, 0.15) is 51.1 Å². The number of nitrogens with two attached hydrogens (primary N) is 1. The van der Waals surface area contributed by atoms with E-state index in [0.29, 0.717) is 10.9 Å². The van der Waals surface area contributed by atoms with Gasteiger partial charge in [-0.15, -0.1) is 0 Å². The predicted octanol–water partition coefficient (Wildman–Crippen LogP) is 5.33. The number of halogens is 2. The van der Waals surface area contributed by atoms with Crippen LogP contribution in [0.2, 0.25) is 5.02 Å². The van der Waals surface area contributed by atoms with Crippen LogP contribution in [0.15, 0.2) is 16.6 Å². The Kier molecular flexibility index (Phi) is 7.19. The molecule has 1 rings (SSSR count). The van der Waals surface area contributed by atoms with Crippen molar-refractivity contribution in [1.82, 2.24) is 0 Å². The Morgan fingerprint density at radius 3 is 2.58 bits per heavy atom. The lowest BCUT2D eigenvalue weighted by Gasteiger charge is -2.25. The first-order valence-electron chi connectivity index (χ1n) is 6.83. The number of rotatable bonds is 7. The van der Waals surface area contributed by atoms with Crippen molar-refractivity contribution in [3.05, 3.63) is 27.2 Å². The van der Waals surface area contributed by atoms with Gasteiger partial charge in [-0.05, 0) is 40.4 Å².